The molecule has 0 aliphatic carbocycles. The lowest BCUT2D eigenvalue weighted by atomic mass is 10.1. The van der Waals surface area contributed by atoms with Gasteiger partial charge in [-0.3, -0.25) is 50.6 Å². The summed E-state index contributed by atoms with van der Waals surface area (Å²) in [5, 5.41) is 21.2. The van der Waals surface area contributed by atoms with Crippen LogP contribution in [0, 0.1) is 34.8 Å². The van der Waals surface area contributed by atoms with E-state index in [0.29, 0.717) is 68.3 Å². The average Bonchev–Trinajstić information content (AvgIpc) is 3.83. The van der Waals surface area contributed by atoms with Gasteiger partial charge in [0.15, 0.2) is 0 Å². The molecule has 5 heterocycles. The zero-order valence-corrected chi connectivity index (χ0v) is 53.0. The summed E-state index contributed by atoms with van der Waals surface area (Å²) in [6.45, 7) is 18.0. The van der Waals surface area contributed by atoms with Crippen molar-refractivity contribution in [3.8, 4) is 0 Å². The van der Waals surface area contributed by atoms with E-state index in [1.54, 1.807) is 99.0 Å². The van der Waals surface area contributed by atoms with Crippen molar-refractivity contribution in [2.75, 3.05) is 22.4 Å². The van der Waals surface area contributed by atoms with E-state index in [0.717, 1.165) is 51.2 Å². The van der Waals surface area contributed by atoms with Crippen LogP contribution in [0.1, 0.15) is 103 Å². The Morgan fingerprint density at radius 3 is 1.54 bits per heavy atom. The normalized spacial score (nSPS) is 11.1. The fourth-order valence-electron chi connectivity index (χ4n) is 7.37. The van der Waals surface area contributed by atoms with Crippen LogP contribution in [-0.4, -0.2) is 88.9 Å². The van der Waals surface area contributed by atoms with Gasteiger partial charge in [0.1, 0.15) is 22.8 Å². The second kappa shape index (κ2) is 29.6. The number of anilines is 2. The third-order valence-corrected chi connectivity index (χ3v) is 13.3. The lowest BCUT2D eigenvalue weighted by molar-refractivity contribution is -0.140. The Hall–Kier alpha value is -6.26. The number of nitrogens with zero attached hydrogens (tertiary/aromatic N) is 6. The molecule has 0 spiro atoms. The van der Waals surface area contributed by atoms with Gasteiger partial charge >= 0.3 is 35.8 Å². The van der Waals surface area contributed by atoms with Crippen molar-refractivity contribution in [1.29, 1.82) is 0 Å². The number of carbonyl (C=O) groups excluding carboxylic acids is 6. The molecule has 21 nitrogen and oxygen atoms in total. The molecule has 0 saturated carbocycles. The van der Waals surface area contributed by atoms with E-state index in [1.807, 2.05) is 31.2 Å². The van der Waals surface area contributed by atoms with Gasteiger partial charge in [-0.15, -0.1) is 33.4 Å². The van der Waals surface area contributed by atoms with Crippen LogP contribution in [0.5, 0.6) is 0 Å². The molecule has 0 aliphatic heterocycles. The van der Waals surface area contributed by atoms with Crippen molar-refractivity contribution in [3.05, 3.63) is 135 Å². The minimum atomic E-state index is -1.03. The molecule has 6 N–H and O–H groups in total. The maximum atomic E-state index is 12.7. The summed E-state index contributed by atoms with van der Waals surface area (Å²) in [6.07, 6.45) is 2.27. The summed E-state index contributed by atoms with van der Waals surface area (Å²) in [5.74, 6) is -1.01. The quantitative estimate of drug-likeness (QED) is 0.0287. The van der Waals surface area contributed by atoms with Gasteiger partial charge in [0.2, 0.25) is 11.8 Å². The smallest absolute Gasteiger partial charge is 0.413 e. The van der Waals surface area contributed by atoms with Crippen LogP contribution < -0.4 is 32.1 Å². The molecule has 7 rings (SSSR count). The Kier molecular flexibility index (Phi) is 24.0. The van der Waals surface area contributed by atoms with Gasteiger partial charge in [-0.2, -0.15) is 0 Å². The molecule has 0 radical (unpaired) electrons. The molecular weight excluding hydrogens is 1360 g/mol. The summed E-state index contributed by atoms with van der Waals surface area (Å²) < 4.78 is 17.9. The van der Waals surface area contributed by atoms with E-state index in [4.69, 9.17) is 60.3 Å². The molecule has 27 heteroatoms. The van der Waals surface area contributed by atoms with Crippen molar-refractivity contribution in [3.63, 3.8) is 0 Å². The zero-order chi connectivity index (χ0) is 59.9. The number of nitrogens with one attached hydrogen (secondary N) is 6. The number of hydrogen-bond donors (Lipinski definition) is 6. The zero-order valence-electron chi connectivity index (χ0n) is 45.6. The predicted octanol–water partition coefficient (Wildman–Crippen LogP) is 11.1. The number of alkyl halides is 2. The second-order valence-electron chi connectivity index (χ2n) is 19.7. The molecular formula is C54H58Cl4I2N12O9. The van der Waals surface area contributed by atoms with Crippen LogP contribution in [0.4, 0.5) is 21.2 Å². The molecule has 0 fully saturated rings. The van der Waals surface area contributed by atoms with Gasteiger partial charge in [0.25, 0.3) is 0 Å². The minimum absolute atomic E-state index is 0.0176. The van der Waals surface area contributed by atoms with Gasteiger partial charge in [0, 0.05) is 66.5 Å². The Bertz CT molecular complexity index is 3440. The van der Waals surface area contributed by atoms with Crippen molar-refractivity contribution >= 4 is 161 Å². The number of ether oxygens (including phenoxy) is 2. The molecule has 0 bridgehead atoms. The third kappa shape index (κ3) is 20.9. The highest BCUT2D eigenvalue weighted by Gasteiger charge is 2.22. The molecule has 0 aliphatic rings. The van der Waals surface area contributed by atoms with Gasteiger partial charge in [-0.25, -0.2) is 19.6 Å². The lowest BCUT2D eigenvalue weighted by Crippen LogP contribution is -2.48. The standard InChI is InChI=1S/C26H28ClIN6O5.C26H26ClIN6O4.C2H4Cl2/c1-13-6-20(32-25(38)39-26(3,4)5)31-14(2)18(13)12-30-23(36)24(37)34-33-21(35)9-15-7-16-10-17(27)11-29-22(16)19(28)8-15;1-13-6-20(32-25(36)38-26(3,4)5)31-14(2)18(13)12-30-23(35)24-34-33-21(37-24)9-15-7-16-10-17(27)11-29-22(16)19(28)8-15;3-1-2-4/h6-8,10-11H,9,12H2,1-5H3,(H,30,36)(H,33,35)(H,34,37)(H,31,32,38);6-8,10-11H,9,12H2,1-5H3,(H,30,35)(H,31,32,36);1-2H2. The summed E-state index contributed by atoms with van der Waals surface area (Å²) in [7, 11) is 0. The highest BCUT2D eigenvalue weighted by molar-refractivity contribution is 14.1. The molecule has 2 aromatic carbocycles. The Balaban J connectivity index is 0.000000279. The first-order chi connectivity index (χ1) is 38.0. The van der Waals surface area contributed by atoms with Crippen LogP contribution in [0.15, 0.2) is 65.3 Å². The van der Waals surface area contributed by atoms with Crippen molar-refractivity contribution < 1.29 is 42.7 Å². The number of halogens is 6. The second-order valence-corrected chi connectivity index (χ2v) is 23.7. The van der Waals surface area contributed by atoms with Gasteiger partial charge in [-0.05, 0) is 196 Å². The molecule has 0 atom stereocenters. The first kappa shape index (κ1) is 65.5. The van der Waals surface area contributed by atoms with E-state index in [9.17, 15) is 28.8 Å². The van der Waals surface area contributed by atoms with E-state index in [2.05, 4.69) is 107 Å². The Morgan fingerprint density at radius 1 is 0.605 bits per heavy atom. The van der Waals surface area contributed by atoms with Crippen molar-refractivity contribution in [2.45, 2.75) is 106 Å². The molecule has 0 unspecified atom stereocenters. The topological polar surface area (TPSA) is 284 Å². The van der Waals surface area contributed by atoms with Crippen LogP contribution >= 0.6 is 91.6 Å². The Morgan fingerprint density at radius 2 is 1.07 bits per heavy atom. The van der Waals surface area contributed by atoms with Gasteiger partial charge < -0.3 is 24.5 Å². The maximum Gasteiger partial charge on any atom is 0.413 e. The van der Waals surface area contributed by atoms with Crippen LogP contribution in [-0.2, 0) is 49.8 Å². The van der Waals surface area contributed by atoms with Gasteiger partial charge in [-0.1, -0.05) is 23.2 Å². The number of aromatic nitrogens is 6. The number of hydrazine groups is 1. The first-order valence-corrected chi connectivity index (χ1v) is 28.5. The summed E-state index contributed by atoms with van der Waals surface area (Å²) in [5.41, 5.74) is 10.6. The molecule has 6 amide bonds. The monoisotopic (exact) mass is 1410 g/mol. The highest BCUT2D eigenvalue weighted by Crippen LogP contribution is 2.27. The van der Waals surface area contributed by atoms with Crippen LogP contribution in [0.3, 0.4) is 0 Å². The fourth-order valence-corrected chi connectivity index (χ4v) is 9.40. The van der Waals surface area contributed by atoms with Crippen molar-refractivity contribution in [2.24, 2.45) is 0 Å². The van der Waals surface area contributed by atoms with Gasteiger partial charge in [0.05, 0.1) is 33.9 Å². The SMILES string of the molecule is Cc1cc(NC(=O)OC(C)(C)C)nc(C)c1CNC(=O)C(=O)NNC(=O)Cc1cc(I)c2ncc(Cl)cc2c1.Cc1cc(NC(=O)OC(C)(C)C)nc(C)c1CNC(=O)c1nnc(Cc2cc(I)c3ncc(Cl)cc3c2)o1.ClCCCl. The number of aryl methyl sites for hydroxylation is 4. The number of hydrogen-bond acceptors (Lipinski definition) is 15. The summed E-state index contributed by atoms with van der Waals surface area (Å²) >= 11 is 26.6. The summed E-state index contributed by atoms with van der Waals surface area (Å²) in [6, 6.07) is 14.5. The average molecular weight is 1410 g/mol. The first-order valence-electron chi connectivity index (χ1n) is 24.5. The number of amides is 6. The predicted molar refractivity (Wildman–Crippen MR) is 328 cm³/mol. The largest absolute Gasteiger partial charge is 0.444 e. The number of rotatable bonds is 12. The number of fused-ring (bicyclic) bond motifs is 2. The third-order valence-electron chi connectivity index (χ3n) is 10.7. The molecule has 430 valence electrons. The number of carbonyl (C=O) groups is 6. The summed E-state index contributed by atoms with van der Waals surface area (Å²) in [4.78, 5) is 91.0. The molecule has 7 aromatic rings. The van der Waals surface area contributed by atoms with E-state index in [1.165, 1.54) is 0 Å². The van der Waals surface area contributed by atoms with E-state index in [-0.39, 0.29) is 25.4 Å². The maximum absolute atomic E-state index is 12.7. The van der Waals surface area contributed by atoms with Crippen LogP contribution in [0.2, 0.25) is 10.0 Å². The van der Waals surface area contributed by atoms with Crippen LogP contribution in [0.25, 0.3) is 21.8 Å². The highest BCUT2D eigenvalue weighted by atomic mass is 127. The number of benzene rings is 2. The lowest BCUT2D eigenvalue weighted by Gasteiger charge is -2.20. The Labute approximate surface area is 514 Å². The van der Waals surface area contributed by atoms with Crippen molar-refractivity contribution in [1.82, 2.24) is 51.6 Å². The molecule has 5 aromatic heterocycles. The number of pyridine rings is 4. The minimum Gasteiger partial charge on any atom is -0.444 e. The van der Waals surface area contributed by atoms with E-state index < -0.39 is 47.0 Å². The fraction of sp³-hybridized carbons (Fsp3) is 0.333. The van der Waals surface area contributed by atoms with E-state index >= 15 is 0 Å². The molecule has 0 saturated heterocycles. The molecule has 81 heavy (non-hydrogen) atoms.